The smallest absolute Gasteiger partial charge is 0.240 e. The first-order chi connectivity index (χ1) is 13.0. The summed E-state index contributed by atoms with van der Waals surface area (Å²) in [5.74, 6) is -0.637. The summed E-state index contributed by atoms with van der Waals surface area (Å²) in [7, 11) is 0. The van der Waals surface area contributed by atoms with Crippen LogP contribution in [0.2, 0.25) is 10.0 Å². The Labute approximate surface area is 170 Å². The number of hydrogen-bond donors (Lipinski definition) is 2. The Kier molecular flexibility index (Phi) is 6.49. The molecule has 1 unspecified atom stereocenters. The van der Waals surface area contributed by atoms with Gasteiger partial charge in [0.05, 0.1) is 21.9 Å². The van der Waals surface area contributed by atoms with Gasteiger partial charge < -0.3 is 10.6 Å². The summed E-state index contributed by atoms with van der Waals surface area (Å²) < 4.78 is 0. The van der Waals surface area contributed by atoms with E-state index >= 15 is 0 Å². The molecule has 9 heteroatoms. The maximum atomic E-state index is 12.2. The number of thioether (sulfide) groups is 1. The Bertz CT molecular complexity index is 919. The number of anilines is 1. The molecular formula is C18H14Cl2N4O2S. The van der Waals surface area contributed by atoms with Crippen molar-refractivity contribution in [1.29, 1.82) is 0 Å². The van der Waals surface area contributed by atoms with Gasteiger partial charge in [0.15, 0.2) is 5.17 Å². The van der Waals surface area contributed by atoms with Crippen molar-refractivity contribution in [3.05, 3.63) is 64.1 Å². The molecule has 1 aliphatic rings. The van der Waals surface area contributed by atoms with E-state index in [4.69, 9.17) is 23.2 Å². The van der Waals surface area contributed by atoms with Crippen LogP contribution in [-0.4, -0.2) is 28.4 Å². The van der Waals surface area contributed by atoms with Crippen molar-refractivity contribution in [2.24, 2.45) is 10.2 Å². The zero-order valence-corrected chi connectivity index (χ0v) is 16.2. The van der Waals surface area contributed by atoms with Crippen LogP contribution in [0.5, 0.6) is 0 Å². The van der Waals surface area contributed by atoms with Crippen molar-refractivity contribution in [2.45, 2.75) is 11.7 Å². The Morgan fingerprint density at radius 3 is 2.74 bits per heavy atom. The largest absolute Gasteiger partial charge is 0.325 e. The maximum Gasteiger partial charge on any atom is 0.240 e. The first-order valence-electron chi connectivity index (χ1n) is 7.90. The predicted octanol–water partition coefficient (Wildman–Crippen LogP) is 3.94. The number of hydrogen-bond acceptors (Lipinski definition) is 5. The molecule has 3 rings (SSSR count). The number of carbonyl (C=O) groups excluding carboxylic acids is 2. The van der Waals surface area contributed by atoms with Gasteiger partial charge in [-0.05, 0) is 17.7 Å². The predicted molar refractivity (Wildman–Crippen MR) is 111 cm³/mol. The molecule has 6 nitrogen and oxygen atoms in total. The number of benzene rings is 2. The van der Waals surface area contributed by atoms with Gasteiger partial charge in [0.2, 0.25) is 11.8 Å². The van der Waals surface area contributed by atoms with Crippen LogP contribution in [0, 0.1) is 0 Å². The topological polar surface area (TPSA) is 82.9 Å². The number of halogens is 2. The highest BCUT2D eigenvalue weighted by molar-refractivity contribution is 8.15. The van der Waals surface area contributed by atoms with E-state index in [1.807, 2.05) is 30.3 Å². The van der Waals surface area contributed by atoms with Gasteiger partial charge in [-0.2, -0.15) is 5.10 Å². The molecule has 2 aromatic rings. The van der Waals surface area contributed by atoms with Crippen LogP contribution in [-0.2, 0) is 9.59 Å². The second-order valence-electron chi connectivity index (χ2n) is 5.51. The summed E-state index contributed by atoms with van der Waals surface area (Å²) in [6.07, 6.45) is 1.56. The van der Waals surface area contributed by atoms with Crippen molar-refractivity contribution in [1.82, 2.24) is 5.32 Å². The van der Waals surface area contributed by atoms with Crippen LogP contribution in [0.4, 0.5) is 5.69 Å². The third kappa shape index (κ3) is 5.32. The second-order valence-corrected chi connectivity index (χ2v) is 7.49. The van der Waals surface area contributed by atoms with E-state index in [2.05, 4.69) is 20.8 Å². The number of amides is 2. The van der Waals surface area contributed by atoms with Crippen molar-refractivity contribution < 1.29 is 9.59 Å². The van der Waals surface area contributed by atoms with Gasteiger partial charge in [0, 0.05) is 6.42 Å². The molecule has 1 heterocycles. The van der Waals surface area contributed by atoms with Crippen LogP contribution >= 0.6 is 35.0 Å². The molecule has 138 valence electrons. The Hall–Kier alpha value is -2.35. The summed E-state index contributed by atoms with van der Waals surface area (Å²) in [6, 6.07) is 14.4. The van der Waals surface area contributed by atoms with Crippen LogP contribution in [0.25, 0.3) is 0 Å². The zero-order valence-electron chi connectivity index (χ0n) is 13.9. The molecule has 0 radical (unpaired) electrons. The van der Waals surface area contributed by atoms with Gasteiger partial charge in [0.25, 0.3) is 0 Å². The third-order valence-corrected chi connectivity index (χ3v) is 5.42. The van der Waals surface area contributed by atoms with E-state index in [1.165, 1.54) is 0 Å². The van der Waals surface area contributed by atoms with E-state index in [0.29, 0.717) is 15.9 Å². The van der Waals surface area contributed by atoms with Gasteiger partial charge in [-0.3, -0.25) is 9.59 Å². The number of rotatable bonds is 5. The summed E-state index contributed by atoms with van der Waals surface area (Å²) in [5, 5.41) is 13.6. The average molecular weight is 421 g/mol. The van der Waals surface area contributed by atoms with Crippen molar-refractivity contribution in [2.75, 3.05) is 5.32 Å². The highest BCUT2D eigenvalue weighted by atomic mass is 35.5. The molecule has 2 amide bonds. The molecule has 0 saturated carbocycles. The molecule has 2 N–H and O–H groups in total. The van der Waals surface area contributed by atoms with Gasteiger partial charge in [-0.1, -0.05) is 71.4 Å². The van der Waals surface area contributed by atoms with E-state index < -0.39 is 5.25 Å². The van der Waals surface area contributed by atoms with Crippen molar-refractivity contribution >= 4 is 63.8 Å². The standard InChI is InChI=1S/C18H14Cl2N4O2S/c19-12-7-4-8-13(16(12)20)22-15(25)9-14-17(26)23-18(27-14)24-21-10-11-5-2-1-3-6-11/h1-8,10,14H,9H2,(H,22,25)(H,23,24,26)/b21-10+. The lowest BCUT2D eigenvalue weighted by Crippen LogP contribution is -2.28. The van der Waals surface area contributed by atoms with Crippen LogP contribution < -0.4 is 10.6 Å². The Morgan fingerprint density at radius 2 is 1.96 bits per heavy atom. The second kappa shape index (κ2) is 9.03. The van der Waals surface area contributed by atoms with E-state index in [9.17, 15) is 9.59 Å². The molecule has 1 aliphatic heterocycles. The quantitative estimate of drug-likeness (QED) is 0.567. The number of carbonyl (C=O) groups is 2. The fraction of sp³-hybridized carbons (Fsp3) is 0.111. The lowest BCUT2D eigenvalue weighted by Gasteiger charge is -2.09. The van der Waals surface area contributed by atoms with Crippen molar-refractivity contribution in [3.63, 3.8) is 0 Å². The molecule has 0 aliphatic carbocycles. The minimum Gasteiger partial charge on any atom is -0.325 e. The molecular weight excluding hydrogens is 407 g/mol. The van der Waals surface area contributed by atoms with Crippen molar-refractivity contribution in [3.8, 4) is 0 Å². The van der Waals surface area contributed by atoms with Gasteiger partial charge >= 0.3 is 0 Å². The van der Waals surface area contributed by atoms with E-state index in [0.717, 1.165) is 17.3 Å². The fourth-order valence-corrected chi connectivity index (χ4v) is 3.52. The van der Waals surface area contributed by atoms with Gasteiger partial charge in [-0.15, -0.1) is 5.10 Å². The monoisotopic (exact) mass is 420 g/mol. The Balaban J connectivity index is 1.57. The number of nitrogens with zero attached hydrogens (tertiary/aromatic N) is 2. The van der Waals surface area contributed by atoms with Gasteiger partial charge in [0.1, 0.15) is 5.25 Å². The van der Waals surface area contributed by atoms with Crippen LogP contribution in [0.1, 0.15) is 12.0 Å². The molecule has 0 spiro atoms. The molecule has 27 heavy (non-hydrogen) atoms. The SMILES string of the molecule is O=C(CC1S/C(=N/N=C/c2ccccc2)NC1=O)Nc1cccc(Cl)c1Cl. The lowest BCUT2D eigenvalue weighted by molar-refractivity contribution is -0.122. The Morgan fingerprint density at radius 1 is 1.19 bits per heavy atom. The minimum atomic E-state index is -0.589. The maximum absolute atomic E-state index is 12.2. The fourth-order valence-electron chi connectivity index (χ4n) is 2.24. The normalized spacial score (nSPS) is 18.1. The van der Waals surface area contributed by atoms with Gasteiger partial charge in [-0.25, -0.2) is 0 Å². The summed E-state index contributed by atoms with van der Waals surface area (Å²) in [5.41, 5.74) is 1.30. The lowest BCUT2D eigenvalue weighted by atomic mass is 10.2. The summed E-state index contributed by atoms with van der Waals surface area (Å²) >= 11 is 13.1. The van der Waals surface area contributed by atoms with Crippen LogP contribution in [0.3, 0.4) is 0 Å². The third-order valence-electron chi connectivity index (χ3n) is 3.53. The highest BCUT2D eigenvalue weighted by Gasteiger charge is 2.32. The van der Waals surface area contributed by atoms with E-state index in [1.54, 1.807) is 24.4 Å². The van der Waals surface area contributed by atoms with E-state index in [-0.39, 0.29) is 23.3 Å². The molecule has 0 bridgehead atoms. The molecule has 1 atom stereocenters. The zero-order chi connectivity index (χ0) is 19.2. The average Bonchev–Trinajstić information content (AvgIpc) is 2.99. The first-order valence-corrected chi connectivity index (χ1v) is 9.54. The highest BCUT2D eigenvalue weighted by Crippen LogP contribution is 2.30. The molecule has 1 fully saturated rings. The van der Waals surface area contributed by atoms with Crippen LogP contribution in [0.15, 0.2) is 58.7 Å². The minimum absolute atomic E-state index is 0.0270. The number of nitrogens with one attached hydrogen (secondary N) is 2. The number of amidine groups is 1. The first kappa shape index (κ1) is 19.4. The summed E-state index contributed by atoms with van der Waals surface area (Å²) in [4.78, 5) is 24.2. The molecule has 2 aromatic carbocycles. The molecule has 1 saturated heterocycles. The summed E-state index contributed by atoms with van der Waals surface area (Å²) in [6.45, 7) is 0. The molecule has 0 aromatic heterocycles.